The summed E-state index contributed by atoms with van der Waals surface area (Å²) in [6.07, 6.45) is 3.33. The Morgan fingerprint density at radius 2 is 2.17 bits per heavy atom. The maximum atomic E-state index is 10.8. The molecule has 1 aromatic heterocycles. The van der Waals surface area contributed by atoms with Crippen LogP contribution in [0, 0.1) is 6.92 Å². The molecule has 0 aliphatic heterocycles. The zero-order valence-electron chi connectivity index (χ0n) is 10.3. The average Bonchev–Trinajstić information content (AvgIpc) is 2.85. The summed E-state index contributed by atoms with van der Waals surface area (Å²) >= 11 is 0. The largest absolute Gasteiger partial charge is 0.478 e. The van der Waals surface area contributed by atoms with Crippen molar-refractivity contribution in [2.45, 2.75) is 19.9 Å². The van der Waals surface area contributed by atoms with E-state index in [1.807, 2.05) is 19.9 Å². The molecule has 1 heterocycles. The number of aryl methyl sites for hydroxylation is 1. The number of hydrogen-bond acceptors (Lipinski definition) is 3. The summed E-state index contributed by atoms with van der Waals surface area (Å²) in [6, 6.07) is 7.05. The van der Waals surface area contributed by atoms with E-state index in [0.717, 1.165) is 16.8 Å². The lowest BCUT2D eigenvalue weighted by Crippen LogP contribution is -2.07. The Morgan fingerprint density at radius 1 is 1.39 bits per heavy atom. The highest BCUT2D eigenvalue weighted by atomic mass is 16.4. The Kier molecular flexibility index (Phi) is 3.37. The van der Waals surface area contributed by atoms with Crippen LogP contribution >= 0.6 is 0 Å². The lowest BCUT2D eigenvalue weighted by molar-refractivity contribution is 0.0697. The van der Waals surface area contributed by atoms with Crippen LogP contribution in [0.5, 0.6) is 0 Å². The lowest BCUT2D eigenvalue weighted by atomic mass is 10.1. The summed E-state index contributed by atoms with van der Waals surface area (Å²) in [5, 5.41) is 12.2. The molecular weight excluding hydrogens is 230 g/mol. The van der Waals surface area contributed by atoms with Gasteiger partial charge < -0.3 is 14.8 Å². The Labute approximate surface area is 105 Å². The summed E-state index contributed by atoms with van der Waals surface area (Å²) in [5.41, 5.74) is 3.18. The van der Waals surface area contributed by atoms with Gasteiger partial charge in [-0.05, 0) is 43.7 Å². The van der Waals surface area contributed by atoms with Crippen molar-refractivity contribution >= 4 is 11.7 Å². The Hall–Kier alpha value is -2.23. The van der Waals surface area contributed by atoms with Crippen molar-refractivity contribution in [2.24, 2.45) is 0 Å². The molecule has 1 atom stereocenters. The van der Waals surface area contributed by atoms with E-state index >= 15 is 0 Å². The predicted octanol–water partition coefficient (Wildman–Crippen LogP) is 3.46. The molecule has 0 spiro atoms. The zero-order chi connectivity index (χ0) is 13.1. The van der Waals surface area contributed by atoms with Gasteiger partial charge in [-0.2, -0.15) is 0 Å². The molecule has 0 amide bonds. The fourth-order valence-corrected chi connectivity index (χ4v) is 1.80. The van der Waals surface area contributed by atoms with Gasteiger partial charge in [0, 0.05) is 11.3 Å². The predicted molar refractivity (Wildman–Crippen MR) is 68.9 cm³/mol. The Bertz CT molecular complexity index is 546. The van der Waals surface area contributed by atoms with E-state index in [9.17, 15) is 4.79 Å². The van der Waals surface area contributed by atoms with E-state index in [1.54, 1.807) is 30.7 Å². The summed E-state index contributed by atoms with van der Waals surface area (Å²) < 4.78 is 5.04. The number of furan rings is 1. The van der Waals surface area contributed by atoms with E-state index < -0.39 is 5.97 Å². The van der Waals surface area contributed by atoms with Crippen molar-refractivity contribution in [1.82, 2.24) is 0 Å². The number of nitrogens with one attached hydrogen (secondary N) is 1. The topological polar surface area (TPSA) is 62.5 Å². The van der Waals surface area contributed by atoms with Gasteiger partial charge >= 0.3 is 5.97 Å². The SMILES string of the molecule is Cc1cc(C(=O)O)ccc1NC(C)c1ccoc1. The van der Waals surface area contributed by atoms with Crippen molar-refractivity contribution in [3.05, 3.63) is 53.5 Å². The number of rotatable bonds is 4. The highest BCUT2D eigenvalue weighted by Crippen LogP contribution is 2.23. The number of aromatic carboxylic acids is 1. The van der Waals surface area contributed by atoms with Crippen LogP contribution in [0.2, 0.25) is 0 Å². The third-order valence-electron chi connectivity index (χ3n) is 2.89. The van der Waals surface area contributed by atoms with E-state index in [0.29, 0.717) is 5.56 Å². The van der Waals surface area contributed by atoms with Gasteiger partial charge in [-0.25, -0.2) is 4.79 Å². The van der Waals surface area contributed by atoms with Crippen molar-refractivity contribution in [1.29, 1.82) is 0 Å². The van der Waals surface area contributed by atoms with Gasteiger partial charge in [0.25, 0.3) is 0 Å². The molecule has 18 heavy (non-hydrogen) atoms. The van der Waals surface area contributed by atoms with Gasteiger partial charge in [-0.15, -0.1) is 0 Å². The van der Waals surface area contributed by atoms with Gasteiger partial charge in [-0.1, -0.05) is 0 Å². The van der Waals surface area contributed by atoms with Crippen LogP contribution in [0.3, 0.4) is 0 Å². The maximum absolute atomic E-state index is 10.8. The molecule has 0 saturated heterocycles. The second kappa shape index (κ2) is 4.96. The molecule has 0 aliphatic carbocycles. The number of carbonyl (C=O) groups is 1. The molecule has 0 bridgehead atoms. The second-order valence-electron chi connectivity index (χ2n) is 4.26. The molecular formula is C14H15NO3. The molecule has 94 valence electrons. The molecule has 0 fully saturated rings. The summed E-state index contributed by atoms with van der Waals surface area (Å²) in [6.45, 7) is 3.91. The molecule has 1 aromatic carbocycles. The fourth-order valence-electron chi connectivity index (χ4n) is 1.80. The molecule has 2 rings (SSSR count). The van der Waals surface area contributed by atoms with Crippen LogP contribution in [0.25, 0.3) is 0 Å². The highest BCUT2D eigenvalue weighted by Gasteiger charge is 2.10. The van der Waals surface area contributed by atoms with Crippen LogP contribution in [0.4, 0.5) is 5.69 Å². The van der Waals surface area contributed by atoms with E-state index in [1.165, 1.54) is 0 Å². The molecule has 0 aliphatic rings. The minimum absolute atomic E-state index is 0.109. The summed E-state index contributed by atoms with van der Waals surface area (Å²) in [4.78, 5) is 10.8. The van der Waals surface area contributed by atoms with Crippen LogP contribution in [-0.2, 0) is 0 Å². The van der Waals surface area contributed by atoms with Crippen molar-refractivity contribution in [3.8, 4) is 0 Å². The van der Waals surface area contributed by atoms with Gasteiger partial charge in [0.05, 0.1) is 24.1 Å². The van der Waals surface area contributed by atoms with E-state index in [4.69, 9.17) is 9.52 Å². The first-order valence-electron chi connectivity index (χ1n) is 5.70. The smallest absolute Gasteiger partial charge is 0.335 e. The van der Waals surface area contributed by atoms with E-state index in [-0.39, 0.29) is 6.04 Å². The summed E-state index contributed by atoms with van der Waals surface area (Å²) in [5.74, 6) is -0.910. The van der Waals surface area contributed by atoms with Gasteiger partial charge in [-0.3, -0.25) is 0 Å². The lowest BCUT2D eigenvalue weighted by Gasteiger charge is -2.16. The van der Waals surface area contributed by atoms with Crippen LogP contribution < -0.4 is 5.32 Å². The first-order valence-corrected chi connectivity index (χ1v) is 5.70. The number of hydrogen-bond donors (Lipinski definition) is 2. The van der Waals surface area contributed by atoms with Crippen molar-refractivity contribution in [2.75, 3.05) is 5.32 Å². The molecule has 4 heteroatoms. The molecule has 2 N–H and O–H groups in total. The first-order chi connectivity index (χ1) is 8.58. The second-order valence-corrected chi connectivity index (χ2v) is 4.26. The number of anilines is 1. The molecule has 2 aromatic rings. The monoisotopic (exact) mass is 245 g/mol. The van der Waals surface area contributed by atoms with E-state index in [2.05, 4.69) is 5.32 Å². The van der Waals surface area contributed by atoms with Crippen molar-refractivity contribution in [3.63, 3.8) is 0 Å². The maximum Gasteiger partial charge on any atom is 0.335 e. The fraction of sp³-hybridized carbons (Fsp3) is 0.214. The van der Waals surface area contributed by atoms with Crippen molar-refractivity contribution < 1.29 is 14.3 Å². The quantitative estimate of drug-likeness (QED) is 0.865. The first kappa shape index (κ1) is 12.2. The minimum Gasteiger partial charge on any atom is -0.478 e. The molecule has 0 radical (unpaired) electrons. The number of benzene rings is 1. The number of carboxylic acid groups (broad SMARTS) is 1. The highest BCUT2D eigenvalue weighted by molar-refractivity contribution is 5.88. The number of carboxylic acids is 1. The molecule has 4 nitrogen and oxygen atoms in total. The van der Waals surface area contributed by atoms with Crippen LogP contribution in [0.15, 0.2) is 41.2 Å². The third-order valence-corrected chi connectivity index (χ3v) is 2.89. The third kappa shape index (κ3) is 2.53. The molecule has 0 saturated carbocycles. The standard InChI is InChI=1S/C14H15NO3/c1-9-7-11(14(16)17)3-4-13(9)15-10(2)12-5-6-18-8-12/h3-8,10,15H,1-2H3,(H,16,17). The minimum atomic E-state index is -0.910. The van der Waals surface area contributed by atoms with Crippen LogP contribution in [0.1, 0.15) is 34.5 Å². The van der Waals surface area contributed by atoms with Gasteiger partial charge in [0.2, 0.25) is 0 Å². The van der Waals surface area contributed by atoms with Gasteiger partial charge in [0.15, 0.2) is 0 Å². The Balaban J connectivity index is 2.17. The Morgan fingerprint density at radius 3 is 2.72 bits per heavy atom. The normalized spacial score (nSPS) is 12.1. The van der Waals surface area contributed by atoms with Gasteiger partial charge in [0.1, 0.15) is 0 Å². The average molecular weight is 245 g/mol. The van der Waals surface area contributed by atoms with Crippen LogP contribution in [-0.4, -0.2) is 11.1 Å². The zero-order valence-corrected chi connectivity index (χ0v) is 10.3. The molecule has 1 unspecified atom stereocenters. The summed E-state index contributed by atoms with van der Waals surface area (Å²) in [7, 11) is 0.